The molecule has 20 heavy (non-hydrogen) atoms. The van der Waals surface area contributed by atoms with E-state index in [0.717, 1.165) is 38.3 Å². The zero-order chi connectivity index (χ0) is 14.1. The van der Waals surface area contributed by atoms with E-state index in [0.29, 0.717) is 11.7 Å². The third-order valence-electron chi connectivity index (χ3n) is 3.53. The highest BCUT2D eigenvalue weighted by atomic mass is 16.2. The molecule has 1 saturated carbocycles. The van der Waals surface area contributed by atoms with Crippen LogP contribution in [0, 0.1) is 0 Å². The molecule has 7 nitrogen and oxygen atoms in total. The number of amides is 2. The fourth-order valence-corrected chi connectivity index (χ4v) is 2.18. The Labute approximate surface area is 117 Å². The van der Waals surface area contributed by atoms with Gasteiger partial charge in [-0.2, -0.15) is 0 Å². The maximum atomic E-state index is 12.1. The first-order valence-corrected chi connectivity index (χ1v) is 7.06. The van der Waals surface area contributed by atoms with Gasteiger partial charge in [-0.3, -0.25) is 9.59 Å². The van der Waals surface area contributed by atoms with Crippen LogP contribution in [0.5, 0.6) is 0 Å². The Balaban J connectivity index is 1.60. The molecule has 0 radical (unpaired) electrons. The maximum Gasteiger partial charge on any atom is 0.272 e. The lowest BCUT2D eigenvalue weighted by molar-refractivity contribution is -0.122. The molecular weight excluding hydrogens is 258 g/mol. The SMILES string of the molecule is CC(NC(=O)c1cn2c(n1)NCCC2)C(=O)NC1CC1. The molecular formula is C13H19N5O2. The Bertz CT molecular complexity index is 511. The highest BCUT2D eigenvalue weighted by Crippen LogP contribution is 2.18. The monoisotopic (exact) mass is 277 g/mol. The first kappa shape index (κ1) is 13.0. The van der Waals surface area contributed by atoms with Gasteiger partial charge in [0.15, 0.2) is 0 Å². The van der Waals surface area contributed by atoms with Crippen LogP contribution in [0.15, 0.2) is 6.20 Å². The topological polar surface area (TPSA) is 88.1 Å². The van der Waals surface area contributed by atoms with Crippen molar-refractivity contribution in [1.82, 2.24) is 20.2 Å². The normalized spacial score (nSPS) is 18.6. The standard InChI is InChI=1S/C13H19N5O2/c1-8(11(19)16-9-3-4-9)15-12(20)10-7-18-6-2-5-14-13(18)17-10/h7-9H,2-6H2,1H3,(H,14,17)(H,15,20)(H,16,19). The van der Waals surface area contributed by atoms with Crippen molar-refractivity contribution in [3.05, 3.63) is 11.9 Å². The summed E-state index contributed by atoms with van der Waals surface area (Å²) in [5.41, 5.74) is 0.348. The quantitative estimate of drug-likeness (QED) is 0.728. The predicted molar refractivity (Wildman–Crippen MR) is 73.4 cm³/mol. The molecule has 3 rings (SSSR count). The van der Waals surface area contributed by atoms with Crippen molar-refractivity contribution in [2.75, 3.05) is 11.9 Å². The predicted octanol–water partition coefficient (Wildman–Crippen LogP) is 0.0956. The van der Waals surface area contributed by atoms with Crippen LogP contribution in [0.4, 0.5) is 5.95 Å². The fourth-order valence-electron chi connectivity index (χ4n) is 2.18. The van der Waals surface area contributed by atoms with Gasteiger partial charge in [0.1, 0.15) is 11.7 Å². The molecule has 1 aromatic rings. The maximum absolute atomic E-state index is 12.1. The van der Waals surface area contributed by atoms with Crippen LogP contribution in [0.3, 0.4) is 0 Å². The lowest BCUT2D eigenvalue weighted by Gasteiger charge is -2.14. The number of nitrogens with one attached hydrogen (secondary N) is 3. The molecule has 1 fully saturated rings. The van der Waals surface area contributed by atoms with Gasteiger partial charge in [-0.15, -0.1) is 0 Å². The third-order valence-corrected chi connectivity index (χ3v) is 3.53. The zero-order valence-electron chi connectivity index (χ0n) is 11.5. The molecule has 1 aliphatic heterocycles. The number of nitrogens with zero attached hydrogens (tertiary/aromatic N) is 2. The molecule has 0 aromatic carbocycles. The number of hydrogen-bond donors (Lipinski definition) is 3. The zero-order valence-corrected chi connectivity index (χ0v) is 11.5. The van der Waals surface area contributed by atoms with Crippen molar-refractivity contribution < 1.29 is 9.59 Å². The van der Waals surface area contributed by atoms with Crippen LogP contribution in [-0.4, -0.2) is 40.0 Å². The number of aryl methyl sites for hydroxylation is 1. The first-order chi connectivity index (χ1) is 9.63. The van der Waals surface area contributed by atoms with Crippen molar-refractivity contribution in [3.8, 4) is 0 Å². The lowest BCUT2D eigenvalue weighted by atomic mass is 10.3. The minimum absolute atomic E-state index is 0.136. The summed E-state index contributed by atoms with van der Waals surface area (Å²) in [4.78, 5) is 28.1. The third kappa shape index (κ3) is 2.76. The molecule has 1 aliphatic carbocycles. The van der Waals surface area contributed by atoms with E-state index in [1.165, 1.54) is 0 Å². The van der Waals surface area contributed by atoms with E-state index in [2.05, 4.69) is 20.9 Å². The summed E-state index contributed by atoms with van der Waals surface area (Å²) in [5.74, 6) is 0.270. The molecule has 2 amide bonds. The number of hydrogen-bond acceptors (Lipinski definition) is 4. The summed E-state index contributed by atoms with van der Waals surface area (Å²) in [6, 6.07) is -0.249. The van der Waals surface area contributed by atoms with Crippen molar-refractivity contribution in [3.63, 3.8) is 0 Å². The lowest BCUT2D eigenvalue weighted by Crippen LogP contribution is -2.45. The molecule has 7 heteroatoms. The molecule has 1 aromatic heterocycles. The van der Waals surface area contributed by atoms with Gasteiger partial charge in [-0.1, -0.05) is 0 Å². The van der Waals surface area contributed by atoms with Gasteiger partial charge in [-0.05, 0) is 26.2 Å². The molecule has 0 bridgehead atoms. The van der Waals surface area contributed by atoms with Crippen LogP contribution in [-0.2, 0) is 11.3 Å². The fraction of sp³-hybridized carbons (Fsp3) is 0.615. The van der Waals surface area contributed by atoms with Crippen molar-refractivity contribution in [2.24, 2.45) is 0 Å². The highest BCUT2D eigenvalue weighted by Gasteiger charge is 2.27. The van der Waals surface area contributed by atoms with Gasteiger partial charge in [0.25, 0.3) is 5.91 Å². The van der Waals surface area contributed by atoms with Gasteiger partial charge in [0.05, 0.1) is 0 Å². The molecule has 1 atom stereocenters. The summed E-state index contributed by atoms with van der Waals surface area (Å²) >= 11 is 0. The van der Waals surface area contributed by atoms with E-state index < -0.39 is 6.04 Å². The minimum Gasteiger partial charge on any atom is -0.356 e. The van der Waals surface area contributed by atoms with Crippen molar-refractivity contribution in [2.45, 2.75) is 44.8 Å². The van der Waals surface area contributed by atoms with E-state index in [1.807, 2.05) is 4.57 Å². The smallest absolute Gasteiger partial charge is 0.272 e. The van der Waals surface area contributed by atoms with Gasteiger partial charge < -0.3 is 20.5 Å². The van der Waals surface area contributed by atoms with Crippen LogP contribution in [0.25, 0.3) is 0 Å². The number of aromatic nitrogens is 2. The average molecular weight is 277 g/mol. The van der Waals surface area contributed by atoms with Gasteiger partial charge in [-0.25, -0.2) is 4.98 Å². The second-order valence-electron chi connectivity index (χ2n) is 5.40. The molecule has 1 unspecified atom stereocenters. The summed E-state index contributed by atoms with van der Waals surface area (Å²) < 4.78 is 1.92. The van der Waals surface area contributed by atoms with Crippen LogP contribution in [0.1, 0.15) is 36.7 Å². The summed E-state index contributed by atoms with van der Waals surface area (Å²) in [6.45, 7) is 3.42. The first-order valence-electron chi connectivity index (χ1n) is 7.06. The summed E-state index contributed by atoms with van der Waals surface area (Å²) in [7, 11) is 0. The largest absolute Gasteiger partial charge is 0.356 e. The Morgan fingerprint density at radius 1 is 1.50 bits per heavy atom. The number of carbonyl (C=O) groups excluding carboxylic acids is 2. The van der Waals surface area contributed by atoms with E-state index >= 15 is 0 Å². The minimum atomic E-state index is -0.546. The van der Waals surface area contributed by atoms with Gasteiger partial charge in [0, 0.05) is 25.3 Å². The van der Waals surface area contributed by atoms with Gasteiger partial charge in [0.2, 0.25) is 11.9 Å². The number of imidazole rings is 1. The summed E-state index contributed by atoms with van der Waals surface area (Å²) in [5, 5.41) is 8.69. The molecule has 2 aliphatic rings. The van der Waals surface area contributed by atoms with E-state index in [4.69, 9.17) is 0 Å². The van der Waals surface area contributed by atoms with Crippen molar-refractivity contribution in [1.29, 1.82) is 0 Å². The second-order valence-corrected chi connectivity index (χ2v) is 5.40. The van der Waals surface area contributed by atoms with Crippen LogP contribution < -0.4 is 16.0 Å². The van der Waals surface area contributed by atoms with Crippen LogP contribution in [0.2, 0.25) is 0 Å². The van der Waals surface area contributed by atoms with E-state index in [-0.39, 0.29) is 11.8 Å². The Morgan fingerprint density at radius 2 is 2.30 bits per heavy atom. The Hall–Kier alpha value is -2.05. The van der Waals surface area contributed by atoms with Gasteiger partial charge >= 0.3 is 0 Å². The van der Waals surface area contributed by atoms with E-state index in [9.17, 15) is 9.59 Å². The number of fused-ring (bicyclic) bond motifs is 1. The molecule has 0 saturated heterocycles. The number of anilines is 1. The molecule has 108 valence electrons. The highest BCUT2D eigenvalue weighted by molar-refractivity contribution is 5.96. The van der Waals surface area contributed by atoms with Crippen LogP contribution >= 0.6 is 0 Å². The van der Waals surface area contributed by atoms with E-state index in [1.54, 1.807) is 13.1 Å². The second kappa shape index (κ2) is 5.15. The Morgan fingerprint density at radius 3 is 3.00 bits per heavy atom. The Kier molecular flexibility index (Phi) is 3.33. The average Bonchev–Trinajstić information content (AvgIpc) is 3.13. The van der Waals surface area contributed by atoms with Crippen molar-refractivity contribution >= 4 is 17.8 Å². The summed E-state index contributed by atoms with van der Waals surface area (Å²) in [6.07, 6.45) is 4.81. The molecule has 3 N–H and O–H groups in total. The molecule has 2 heterocycles. The number of carbonyl (C=O) groups is 2. The molecule has 0 spiro atoms. The number of rotatable bonds is 4.